The minimum atomic E-state index is -0.247. The third-order valence-electron chi connectivity index (χ3n) is 1.68. The molecule has 0 aromatic carbocycles. The van der Waals surface area contributed by atoms with Gasteiger partial charge >= 0.3 is 0 Å². The monoisotopic (exact) mass is 152 g/mol. The smallest absolute Gasteiger partial charge is 0.156 e. The minimum absolute atomic E-state index is 0.247. The lowest BCUT2D eigenvalue weighted by molar-refractivity contribution is 0.00518. The SMILES string of the molecule is C=CCN1CCOC(C#N)C1. The van der Waals surface area contributed by atoms with Gasteiger partial charge in [-0.3, -0.25) is 4.90 Å². The molecule has 1 aliphatic heterocycles. The summed E-state index contributed by atoms with van der Waals surface area (Å²) in [4.78, 5) is 2.16. The number of hydrogen-bond donors (Lipinski definition) is 0. The van der Waals surface area contributed by atoms with Crippen LogP contribution in [0.25, 0.3) is 0 Å². The first-order valence-corrected chi connectivity index (χ1v) is 3.71. The molecule has 3 nitrogen and oxygen atoms in total. The fraction of sp³-hybridized carbons (Fsp3) is 0.625. The maximum atomic E-state index is 8.55. The van der Waals surface area contributed by atoms with Gasteiger partial charge in [0.05, 0.1) is 12.7 Å². The van der Waals surface area contributed by atoms with Crippen molar-refractivity contribution in [3.05, 3.63) is 12.7 Å². The molecule has 0 N–H and O–H groups in total. The average Bonchev–Trinajstić information content (AvgIpc) is 2.06. The van der Waals surface area contributed by atoms with Crippen LogP contribution in [0, 0.1) is 11.3 Å². The Morgan fingerprint density at radius 1 is 1.82 bits per heavy atom. The zero-order valence-corrected chi connectivity index (χ0v) is 6.49. The van der Waals surface area contributed by atoms with Gasteiger partial charge in [-0.2, -0.15) is 5.26 Å². The molecule has 60 valence electrons. The second-order valence-corrected chi connectivity index (χ2v) is 2.54. The van der Waals surface area contributed by atoms with Crippen molar-refractivity contribution in [2.75, 3.05) is 26.2 Å². The zero-order valence-electron chi connectivity index (χ0n) is 6.49. The molecule has 0 aromatic heterocycles. The predicted octanol–water partition coefficient (Wildman–Crippen LogP) is 0.397. The van der Waals surface area contributed by atoms with Crippen molar-refractivity contribution in [3.8, 4) is 6.07 Å². The largest absolute Gasteiger partial charge is 0.361 e. The Morgan fingerprint density at radius 3 is 3.27 bits per heavy atom. The van der Waals surface area contributed by atoms with Crippen LogP contribution in [0.15, 0.2) is 12.7 Å². The Hall–Kier alpha value is -0.850. The van der Waals surface area contributed by atoms with E-state index in [4.69, 9.17) is 10.00 Å². The van der Waals surface area contributed by atoms with Crippen LogP contribution in [0.1, 0.15) is 0 Å². The van der Waals surface area contributed by atoms with Crippen LogP contribution in [0.3, 0.4) is 0 Å². The van der Waals surface area contributed by atoms with Crippen LogP contribution in [0.4, 0.5) is 0 Å². The summed E-state index contributed by atoms with van der Waals surface area (Å²) >= 11 is 0. The van der Waals surface area contributed by atoms with Crippen molar-refractivity contribution < 1.29 is 4.74 Å². The molecule has 1 rings (SSSR count). The van der Waals surface area contributed by atoms with E-state index in [9.17, 15) is 0 Å². The third-order valence-corrected chi connectivity index (χ3v) is 1.68. The standard InChI is InChI=1S/C8H12N2O/c1-2-3-10-4-5-11-8(6-9)7-10/h2,8H,1,3-5,7H2. The Bertz CT molecular complexity index is 173. The molecule has 0 aliphatic carbocycles. The molecule has 0 saturated carbocycles. The van der Waals surface area contributed by atoms with Crippen LogP contribution >= 0.6 is 0 Å². The quantitative estimate of drug-likeness (QED) is 0.537. The summed E-state index contributed by atoms with van der Waals surface area (Å²) in [6.07, 6.45) is 1.60. The summed E-state index contributed by atoms with van der Waals surface area (Å²) in [7, 11) is 0. The van der Waals surface area contributed by atoms with Crippen molar-refractivity contribution in [1.82, 2.24) is 4.90 Å². The van der Waals surface area contributed by atoms with Gasteiger partial charge in [0, 0.05) is 19.6 Å². The van der Waals surface area contributed by atoms with E-state index >= 15 is 0 Å². The van der Waals surface area contributed by atoms with E-state index in [0.717, 1.165) is 13.1 Å². The van der Waals surface area contributed by atoms with Crippen molar-refractivity contribution in [2.45, 2.75) is 6.10 Å². The topological polar surface area (TPSA) is 36.3 Å². The number of ether oxygens (including phenoxy) is 1. The summed E-state index contributed by atoms with van der Waals surface area (Å²) in [5.41, 5.74) is 0. The normalized spacial score (nSPS) is 25.9. The zero-order chi connectivity index (χ0) is 8.10. The van der Waals surface area contributed by atoms with E-state index in [0.29, 0.717) is 13.2 Å². The summed E-state index contributed by atoms with van der Waals surface area (Å²) in [5.74, 6) is 0. The lowest BCUT2D eigenvalue weighted by Gasteiger charge is -2.28. The summed E-state index contributed by atoms with van der Waals surface area (Å²) in [5, 5.41) is 8.55. The average molecular weight is 152 g/mol. The van der Waals surface area contributed by atoms with Gasteiger partial charge in [-0.25, -0.2) is 0 Å². The number of hydrogen-bond acceptors (Lipinski definition) is 3. The van der Waals surface area contributed by atoms with Gasteiger partial charge in [0.1, 0.15) is 0 Å². The molecule has 0 amide bonds. The second-order valence-electron chi connectivity index (χ2n) is 2.54. The minimum Gasteiger partial charge on any atom is -0.361 e. The predicted molar refractivity (Wildman–Crippen MR) is 42.0 cm³/mol. The van der Waals surface area contributed by atoms with Gasteiger partial charge in [0.2, 0.25) is 0 Å². The highest BCUT2D eigenvalue weighted by atomic mass is 16.5. The maximum absolute atomic E-state index is 8.55. The van der Waals surface area contributed by atoms with Gasteiger partial charge in [-0.1, -0.05) is 6.08 Å². The van der Waals surface area contributed by atoms with Crippen LogP contribution in [0.2, 0.25) is 0 Å². The van der Waals surface area contributed by atoms with E-state index in [1.807, 2.05) is 6.08 Å². The lowest BCUT2D eigenvalue weighted by atomic mass is 10.3. The Kier molecular flexibility index (Phi) is 3.09. The highest BCUT2D eigenvalue weighted by Gasteiger charge is 2.17. The van der Waals surface area contributed by atoms with E-state index in [2.05, 4.69) is 17.5 Å². The van der Waals surface area contributed by atoms with E-state index in [1.165, 1.54) is 0 Å². The summed E-state index contributed by atoms with van der Waals surface area (Å²) < 4.78 is 5.17. The van der Waals surface area contributed by atoms with E-state index in [1.54, 1.807) is 0 Å². The molecule has 1 aliphatic rings. The van der Waals surface area contributed by atoms with Crippen molar-refractivity contribution >= 4 is 0 Å². The molecule has 0 spiro atoms. The third kappa shape index (κ3) is 2.34. The van der Waals surface area contributed by atoms with Crippen LogP contribution in [0.5, 0.6) is 0 Å². The lowest BCUT2D eigenvalue weighted by Crippen LogP contribution is -2.41. The fourth-order valence-electron chi connectivity index (χ4n) is 1.13. The van der Waals surface area contributed by atoms with Crippen LogP contribution in [-0.4, -0.2) is 37.2 Å². The Labute approximate surface area is 66.9 Å². The first-order valence-electron chi connectivity index (χ1n) is 3.71. The molecule has 0 aromatic rings. The second kappa shape index (κ2) is 4.12. The van der Waals surface area contributed by atoms with Crippen molar-refractivity contribution in [1.29, 1.82) is 5.26 Å². The van der Waals surface area contributed by atoms with Crippen LogP contribution in [-0.2, 0) is 4.74 Å². The molecule has 1 heterocycles. The Balaban J connectivity index is 2.34. The van der Waals surface area contributed by atoms with Crippen molar-refractivity contribution in [2.24, 2.45) is 0 Å². The van der Waals surface area contributed by atoms with E-state index in [-0.39, 0.29) is 6.10 Å². The molecular formula is C8H12N2O. The first-order chi connectivity index (χ1) is 5.36. The first kappa shape index (κ1) is 8.25. The summed E-state index contributed by atoms with van der Waals surface area (Å²) in [6, 6.07) is 2.09. The van der Waals surface area contributed by atoms with E-state index < -0.39 is 0 Å². The number of rotatable bonds is 2. The van der Waals surface area contributed by atoms with Crippen molar-refractivity contribution in [3.63, 3.8) is 0 Å². The molecule has 3 heteroatoms. The van der Waals surface area contributed by atoms with Crippen LogP contribution < -0.4 is 0 Å². The molecule has 11 heavy (non-hydrogen) atoms. The summed E-state index contributed by atoms with van der Waals surface area (Å²) in [6.45, 7) is 6.77. The van der Waals surface area contributed by atoms with Gasteiger partial charge in [0.25, 0.3) is 0 Å². The highest BCUT2D eigenvalue weighted by Crippen LogP contribution is 2.03. The highest BCUT2D eigenvalue weighted by molar-refractivity contribution is 4.90. The molecule has 1 saturated heterocycles. The number of morpholine rings is 1. The molecule has 1 unspecified atom stereocenters. The van der Waals surface area contributed by atoms with Gasteiger partial charge in [-0.15, -0.1) is 6.58 Å². The van der Waals surface area contributed by atoms with Gasteiger partial charge in [-0.05, 0) is 0 Å². The van der Waals surface area contributed by atoms with Gasteiger partial charge < -0.3 is 4.74 Å². The fourth-order valence-corrected chi connectivity index (χ4v) is 1.13. The number of nitrogens with zero attached hydrogens (tertiary/aromatic N) is 2. The Morgan fingerprint density at radius 2 is 2.64 bits per heavy atom. The molecular weight excluding hydrogens is 140 g/mol. The molecule has 1 atom stereocenters. The molecule has 0 bridgehead atoms. The van der Waals surface area contributed by atoms with Gasteiger partial charge in [0.15, 0.2) is 6.10 Å². The maximum Gasteiger partial charge on any atom is 0.156 e. The molecule has 0 radical (unpaired) electrons. The number of nitriles is 1. The molecule has 1 fully saturated rings.